The lowest BCUT2D eigenvalue weighted by atomic mass is 10.2. The maximum absolute atomic E-state index is 10.7. The number of benzene rings is 1. The lowest BCUT2D eigenvalue weighted by Gasteiger charge is -2.28. The normalized spacial score (nSPS) is 16.0. The first-order valence-corrected chi connectivity index (χ1v) is 5.29. The molecule has 1 aliphatic heterocycles. The van der Waals surface area contributed by atoms with Gasteiger partial charge in [0.25, 0.3) is 0 Å². The van der Waals surface area contributed by atoms with Crippen molar-refractivity contribution in [1.82, 2.24) is 10.4 Å². The summed E-state index contributed by atoms with van der Waals surface area (Å²) in [7, 11) is 0. The van der Waals surface area contributed by atoms with Crippen LogP contribution in [0.3, 0.4) is 0 Å². The van der Waals surface area contributed by atoms with Crippen LogP contribution in [0.4, 0.5) is 0 Å². The lowest BCUT2D eigenvalue weighted by Crippen LogP contribution is -2.41. The molecule has 0 amide bonds. The monoisotopic (exact) mass is 218 g/mol. The van der Waals surface area contributed by atoms with E-state index >= 15 is 0 Å². The fourth-order valence-corrected chi connectivity index (χ4v) is 1.57. The molecule has 84 valence electrons. The minimum absolute atomic E-state index is 0.478. The number of carbonyl (C=O) groups excluding carboxylic acids is 1. The zero-order chi connectivity index (χ0) is 11.2. The molecule has 0 radical (unpaired) electrons. The minimum Gasteiger partial charge on any atom is -0.309 e. The van der Waals surface area contributed by atoms with E-state index in [1.807, 2.05) is 36.3 Å². The van der Waals surface area contributed by atoms with Crippen LogP contribution in [-0.2, 0) is 16.2 Å². The Hall–Kier alpha value is -1.61. The van der Waals surface area contributed by atoms with E-state index in [9.17, 15) is 4.79 Å². The summed E-state index contributed by atoms with van der Waals surface area (Å²) in [6.45, 7) is 2.50. The number of nitrogens with one attached hydrogen (secondary N) is 1. The quantitative estimate of drug-likeness (QED) is 0.760. The highest BCUT2D eigenvalue weighted by molar-refractivity contribution is 5.52. The predicted octanol–water partition coefficient (Wildman–Crippen LogP) is 0.739. The van der Waals surface area contributed by atoms with Crippen LogP contribution in [0.2, 0.25) is 0 Å². The van der Waals surface area contributed by atoms with Crippen molar-refractivity contribution >= 4 is 5.94 Å². The van der Waals surface area contributed by atoms with Gasteiger partial charge in [0, 0.05) is 13.1 Å². The summed E-state index contributed by atoms with van der Waals surface area (Å²) in [6, 6.07) is 9.88. The largest absolute Gasteiger partial charge is 0.309 e. The van der Waals surface area contributed by atoms with Gasteiger partial charge >= 0.3 is 0 Å². The first-order chi connectivity index (χ1) is 7.90. The van der Waals surface area contributed by atoms with Crippen LogP contribution in [0.15, 0.2) is 36.0 Å². The van der Waals surface area contributed by atoms with Crippen LogP contribution in [-0.4, -0.2) is 30.6 Å². The van der Waals surface area contributed by atoms with Gasteiger partial charge in [0.15, 0.2) is 0 Å². The molecule has 1 aromatic rings. The molecule has 0 saturated carbocycles. The third kappa shape index (κ3) is 2.70. The van der Waals surface area contributed by atoms with E-state index in [1.165, 1.54) is 0 Å². The smallest absolute Gasteiger partial charge is 0.149 e. The molecule has 1 aliphatic rings. The first kappa shape index (κ1) is 10.9. The molecular formula is C12H14N2O2. The Morgan fingerprint density at radius 3 is 2.94 bits per heavy atom. The highest BCUT2D eigenvalue weighted by atomic mass is 16.7. The van der Waals surface area contributed by atoms with E-state index < -0.39 is 0 Å². The Balaban J connectivity index is 1.92. The van der Waals surface area contributed by atoms with Gasteiger partial charge in [0.1, 0.15) is 11.6 Å². The van der Waals surface area contributed by atoms with Crippen molar-refractivity contribution in [2.75, 3.05) is 19.6 Å². The van der Waals surface area contributed by atoms with Gasteiger partial charge in [0.2, 0.25) is 0 Å². The second-order valence-electron chi connectivity index (χ2n) is 3.59. The van der Waals surface area contributed by atoms with Gasteiger partial charge in [-0.2, -0.15) is 0 Å². The Morgan fingerprint density at radius 1 is 1.38 bits per heavy atom. The molecule has 0 aliphatic carbocycles. The molecule has 0 atom stereocenters. The minimum atomic E-state index is 0.478. The summed E-state index contributed by atoms with van der Waals surface area (Å²) in [5.74, 6) is 1.90. The molecule has 1 saturated heterocycles. The third-order valence-electron chi connectivity index (χ3n) is 2.43. The molecule has 1 aromatic carbocycles. The number of hydrogen-bond donors (Lipinski definition) is 1. The summed E-state index contributed by atoms with van der Waals surface area (Å²) in [6.07, 6.45) is 0. The zero-order valence-corrected chi connectivity index (χ0v) is 8.98. The van der Waals surface area contributed by atoms with Crippen molar-refractivity contribution in [2.45, 2.75) is 6.61 Å². The van der Waals surface area contributed by atoms with E-state index in [-0.39, 0.29) is 0 Å². The van der Waals surface area contributed by atoms with Gasteiger partial charge in [-0.25, -0.2) is 9.86 Å². The van der Waals surface area contributed by atoms with E-state index in [0.717, 1.165) is 12.1 Å². The van der Waals surface area contributed by atoms with Gasteiger partial charge < -0.3 is 5.32 Å². The van der Waals surface area contributed by atoms with Crippen molar-refractivity contribution in [3.8, 4) is 0 Å². The van der Waals surface area contributed by atoms with Crippen molar-refractivity contribution < 1.29 is 9.63 Å². The third-order valence-corrected chi connectivity index (χ3v) is 2.43. The second kappa shape index (κ2) is 5.47. The molecule has 1 fully saturated rings. The van der Waals surface area contributed by atoms with Gasteiger partial charge in [-0.3, -0.25) is 4.84 Å². The van der Waals surface area contributed by atoms with Gasteiger partial charge in [-0.05, 0) is 5.56 Å². The van der Waals surface area contributed by atoms with Crippen molar-refractivity contribution in [3.05, 3.63) is 41.6 Å². The molecule has 1 heterocycles. The first-order valence-electron chi connectivity index (χ1n) is 5.29. The van der Waals surface area contributed by atoms with Crippen LogP contribution < -0.4 is 5.32 Å². The lowest BCUT2D eigenvalue weighted by molar-refractivity contribution is -0.147. The Labute approximate surface area is 94.5 Å². The molecule has 16 heavy (non-hydrogen) atoms. The molecule has 0 spiro atoms. The van der Waals surface area contributed by atoms with Gasteiger partial charge in [0.05, 0.1) is 13.2 Å². The van der Waals surface area contributed by atoms with Crippen molar-refractivity contribution in [2.24, 2.45) is 0 Å². The number of nitrogens with zero attached hydrogens (tertiary/aromatic N) is 1. The summed E-state index contributed by atoms with van der Waals surface area (Å²) >= 11 is 0. The van der Waals surface area contributed by atoms with E-state index in [4.69, 9.17) is 4.84 Å². The van der Waals surface area contributed by atoms with E-state index in [0.29, 0.717) is 25.4 Å². The zero-order valence-electron chi connectivity index (χ0n) is 8.98. The molecule has 4 nitrogen and oxygen atoms in total. The Bertz CT molecular complexity index is 385. The highest BCUT2D eigenvalue weighted by Gasteiger charge is 2.15. The number of hydrogen-bond acceptors (Lipinski definition) is 4. The van der Waals surface area contributed by atoms with Crippen molar-refractivity contribution in [3.63, 3.8) is 0 Å². The van der Waals surface area contributed by atoms with Crippen LogP contribution in [0.5, 0.6) is 0 Å². The molecule has 2 rings (SSSR count). The van der Waals surface area contributed by atoms with Crippen molar-refractivity contribution in [1.29, 1.82) is 0 Å². The summed E-state index contributed by atoms with van der Waals surface area (Å²) in [5, 5.41) is 4.71. The summed E-state index contributed by atoms with van der Waals surface area (Å²) in [4.78, 5) is 16.2. The standard InChI is InChI=1S/C12H14N2O2/c15-9-12-8-13-6-7-14(12)16-10-11-4-2-1-3-5-11/h1-5,13H,6-8,10H2. The van der Waals surface area contributed by atoms with Crippen LogP contribution in [0, 0.1) is 0 Å². The molecule has 0 bridgehead atoms. The fraction of sp³-hybridized carbons (Fsp3) is 0.333. The van der Waals surface area contributed by atoms with Gasteiger partial charge in [-0.1, -0.05) is 30.3 Å². The number of rotatable bonds is 3. The summed E-state index contributed by atoms with van der Waals surface area (Å²) in [5.41, 5.74) is 1.62. The molecule has 1 N–H and O–H groups in total. The predicted molar refractivity (Wildman–Crippen MR) is 60.0 cm³/mol. The van der Waals surface area contributed by atoms with Crippen LogP contribution in [0.1, 0.15) is 5.56 Å². The molecule has 4 heteroatoms. The second-order valence-corrected chi connectivity index (χ2v) is 3.59. The molecule has 0 aromatic heterocycles. The van der Waals surface area contributed by atoms with E-state index in [2.05, 4.69) is 5.32 Å². The maximum atomic E-state index is 10.7. The summed E-state index contributed by atoms with van der Waals surface area (Å²) < 4.78 is 0. The Kier molecular flexibility index (Phi) is 3.72. The van der Waals surface area contributed by atoms with Crippen LogP contribution >= 0.6 is 0 Å². The number of piperazine rings is 1. The maximum Gasteiger partial charge on any atom is 0.149 e. The molecular weight excluding hydrogens is 204 g/mol. The van der Waals surface area contributed by atoms with E-state index in [1.54, 1.807) is 5.06 Å². The Morgan fingerprint density at radius 2 is 2.19 bits per heavy atom. The number of hydroxylamine groups is 2. The topological polar surface area (TPSA) is 41.6 Å². The van der Waals surface area contributed by atoms with Crippen LogP contribution in [0.25, 0.3) is 0 Å². The fourth-order valence-electron chi connectivity index (χ4n) is 1.57. The average molecular weight is 218 g/mol. The highest BCUT2D eigenvalue weighted by Crippen LogP contribution is 2.08. The van der Waals surface area contributed by atoms with Gasteiger partial charge in [-0.15, -0.1) is 0 Å². The average Bonchev–Trinajstić information content (AvgIpc) is 2.38. The molecule has 0 unspecified atom stereocenters. The SMILES string of the molecule is O=C=C1CNCCN1OCc1ccccc1.